The molecule has 102 valence electrons. The molecule has 0 aromatic heterocycles. The van der Waals surface area contributed by atoms with Gasteiger partial charge in [-0.15, -0.1) is 0 Å². The van der Waals surface area contributed by atoms with Gasteiger partial charge < -0.3 is 4.90 Å². The summed E-state index contributed by atoms with van der Waals surface area (Å²) < 4.78 is 25.2. The van der Waals surface area contributed by atoms with Gasteiger partial charge in [-0.25, -0.2) is 8.42 Å². The van der Waals surface area contributed by atoms with Gasteiger partial charge in [0.05, 0.1) is 23.6 Å². The van der Waals surface area contributed by atoms with E-state index in [0.717, 1.165) is 10.2 Å². The molecule has 0 radical (unpaired) electrons. The molecule has 1 aromatic carbocycles. The van der Waals surface area contributed by atoms with E-state index in [1.165, 1.54) is 10.6 Å². The average Bonchev–Trinajstić information content (AvgIpc) is 2.37. The molecule has 0 unspecified atom stereocenters. The Bertz CT molecular complexity index is 616. The lowest BCUT2D eigenvalue weighted by Gasteiger charge is -2.35. The number of halogens is 1. The lowest BCUT2D eigenvalue weighted by molar-refractivity contribution is 0.388. The van der Waals surface area contributed by atoms with Crippen LogP contribution < -0.4 is 4.90 Å². The summed E-state index contributed by atoms with van der Waals surface area (Å²) >= 11 is 3.45. The minimum absolute atomic E-state index is 0.491. The highest BCUT2D eigenvalue weighted by molar-refractivity contribution is 9.10. The molecule has 19 heavy (non-hydrogen) atoms. The van der Waals surface area contributed by atoms with Gasteiger partial charge >= 0.3 is 0 Å². The van der Waals surface area contributed by atoms with E-state index >= 15 is 0 Å². The second-order valence-electron chi connectivity index (χ2n) is 4.43. The zero-order valence-corrected chi connectivity index (χ0v) is 12.9. The number of hydrogen-bond acceptors (Lipinski definition) is 4. The maximum atomic E-state index is 11.4. The van der Waals surface area contributed by atoms with Crippen molar-refractivity contribution in [2.24, 2.45) is 0 Å². The number of nitrogens with zero attached hydrogens (tertiary/aromatic N) is 3. The molecule has 0 spiro atoms. The van der Waals surface area contributed by atoms with Crippen LogP contribution in [0.1, 0.15) is 5.56 Å². The lowest BCUT2D eigenvalue weighted by atomic mass is 10.2. The molecule has 0 bridgehead atoms. The van der Waals surface area contributed by atoms with Gasteiger partial charge in [0.15, 0.2) is 0 Å². The van der Waals surface area contributed by atoms with Crippen LogP contribution in [0.5, 0.6) is 0 Å². The van der Waals surface area contributed by atoms with Crippen LogP contribution in [0.3, 0.4) is 0 Å². The van der Waals surface area contributed by atoms with Crippen LogP contribution in [0.4, 0.5) is 5.69 Å². The zero-order valence-electron chi connectivity index (χ0n) is 10.5. The Hall–Kier alpha value is -1.10. The van der Waals surface area contributed by atoms with Gasteiger partial charge in [-0.1, -0.05) is 0 Å². The highest BCUT2D eigenvalue weighted by atomic mass is 79.9. The minimum Gasteiger partial charge on any atom is -0.368 e. The summed E-state index contributed by atoms with van der Waals surface area (Å²) in [6.07, 6.45) is 1.24. The van der Waals surface area contributed by atoms with Gasteiger partial charge in [0.2, 0.25) is 10.0 Å². The van der Waals surface area contributed by atoms with E-state index in [1.807, 2.05) is 6.07 Å². The molecule has 0 atom stereocenters. The number of nitriles is 1. The first-order valence-electron chi connectivity index (χ1n) is 5.81. The SMILES string of the molecule is CS(=O)(=O)N1CCN(c2ccc(C#N)cc2Br)CC1. The third kappa shape index (κ3) is 3.26. The summed E-state index contributed by atoms with van der Waals surface area (Å²) in [6.45, 7) is 2.28. The number of sulfonamides is 1. The molecular formula is C12H14BrN3O2S. The van der Waals surface area contributed by atoms with E-state index in [4.69, 9.17) is 5.26 Å². The van der Waals surface area contributed by atoms with Crippen molar-refractivity contribution in [1.29, 1.82) is 5.26 Å². The average molecular weight is 344 g/mol. The Morgan fingerprint density at radius 3 is 2.37 bits per heavy atom. The molecule has 0 N–H and O–H groups in total. The van der Waals surface area contributed by atoms with E-state index in [2.05, 4.69) is 26.9 Å². The van der Waals surface area contributed by atoms with Crippen LogP contribution >= 0.6 is 15.9 Å². The molecule has 2 rings (SSSR count). The molecule has 5 nitrogen and oxygen atoms in total. The number of rotatable bonds is 2. The summed E-state index contributed by atoms with van der Waals surface area (Å²) in [7, 11) is -3.10. The molecular weight excluding hydrogens is 330 g/mol. The van der Waals surface area contributed by atoms with Crippen molar-refractivity contribution in [3.05, 3.63) is 28.2 Å². The number of hydrogen-bond donors (Lipinski definition) is 0. The van der Waals surface area contributed by atoms with E-state index < -0.39 is 10.0 Å². The molecule has 1 heterocycles. The van der Waals surface area contributed by atoms with Crippen LogP contribution in [0.25, 0.3) is 0 Å². The fourth-order valence-corrected chi connectivity index (χ4v) is 3.55. The second-order valence-corrected chi connectivity index (χ2v) is 7.26. The molecule has 1 aromatic rings. The summed E-state index contributed by atoms with van der Waals surface area (Å²) in [4.78, 5) is 2.12. The Labute approximate surface area is 121 Å². The van der Waals surface area contributed by atoms with Gasteiger partial charge in [-0.2, -0.15) is 9.57 Å². The van der Waals surface area contributed by atoms with E-state index in [0.29, 0.717) is 31.7 Å². The number of piperazine rings is 1. The largest absolute Gasteiger partial charge is 0.368 e. The van der Waals surface area contributed by atoms with Gasteiger partial charge in [-0.3, -0.25) is 0 Å². The molecule has 1 saturated heterocycles. The molecule has 0 aliphatic carbocycles. The third-order valence-electron chi connectivity index (χ3n) is 3.13. The van der Waals surface area contributed by atoms with Crippen molar-refractivity contribution in [1.82, 2.24) is 4.31 Å². The van der Waals surface area contributed by atoms with Gasteiger partial charge in [-0.05, 0) is 34.1 Å². The molecule has 0 saturated carbocycles. The second kappa shape index (κ2) is 5.49. The van der Waals surface area contributed by atoms with Crippen LogP contribution in [-0.4, -0.2) is 45.2 Å². The molecule has 1 fully saturated rings. The maximum Gasteiger partial charge on any atom is 0.211 e. The fourth-order valence-electron chi connectivity index (χ4n) is 2.09. The van der Waals surface area contributed by atoms with Crippen LogP contribution in [0.15, 0.2) is 22.7 Å². The van der Waals surface area contributed by atoms with Crippen LogP contribution in [-0.2, 0) is 10.0 Å². The van der Waals surface area contributed by atoms with Gasteiger partial charge in [0.25, 0.3) is 0 Å². The van der Waals surface area contributed by atoms with Gasteiger partial charge in [0.1, 0.15) is 0 Å². The highest BCUT2D eigenvalue weighted by Crippen LogP contribution is 2.28. The molecule has 1 aliphatic heterocycles. The minimum atomic E-state index is -3.10. The Kier molecular flexibility index (Phi) is 4.13. The summed E-state index contributed by atoms with van der Waals surface area (Å²) in [5, 5.41) is 8.83. The van der Waals surface area contributed by atoms with Crippen LogP contribution in [0, 0.1) is 11.3 Å². The fraction of sp³-hybridized carbons (Fsp3) is 0.417. The molecule has 0 amide bonds. The van der Waals surface area contributed by atoms with E-state index in [9.17, 15) is 8.42 Å². The summed E-state index contributed by atoms with van der Waals surface area (Å²) in [5.41, 5.74) is 1.59. The topological polar surface area (TPSA) is 64.4 Å². The predicted molar refractivity (Wildman–Crippen MR) is 77.5 cm³/mol. The van der Waals surface area contributed by atoms with Crippen LogP contribution in [0.2, 0.25) is 0 Å². The summed E-state index contributed by atoms with van der Waals surface area (Å²) in [5.74, 6) is 0. The first-order chi connectivity index (χ1) is 8.91. The van der Waals surface area contributed by atoms with E-state index in [-0.39, 0.29) is 0 Å². The zero-order chi connectivity index (χ0) is 14.0. The monoisotopic (exact) mass is 343 g/mol. The normalized spacial score (nSPS) is 17.2. The molecule has 7 heteroatoms. The quantitative estimate of drug-likeness (QED) is 0.814. The van der Waals surface area contributed by atoms with Crippen molar-refractivity contribution in [3.8, 4) is 6.07 Å². The van der Waals surface area contributed by atoms with E-state index in [1.54, 1.807) is 12.1 Å². The van der Waals surface area contributed by atoms with Crippen molar-refractivity contribution in [3.63, 3.8) is 0 Å². The number of anilines is 1. The first-order valence-corrected chi connectivity index (χ1v) is 8.45. The van der Waals surface area contributed by atoms with Crippen molar-refractivity contribution >= 4 is 31.6 Å². The molecule has 1 aliphatic rings. The Morgan fingerprint density at radius 2 is 1.89 bits per heavy atom. The first kappa shape index (κ1) is 14.3. The van der Waals surface area contributed by atoms with Crippen molar-refractivity contribution in [2.75, 3.05) is 37.3 Å². The Morgan fingerprint density at radius 1 is 1.26 bits per heavy atom. The maximum absolute atomic E-state index is 11.4. The summed E-state index contributed by atoms with van der Waals surface area (Å²) in [6, 6.07) is 7.52. The number of benzene rings is 1. The standard InChI is InChI=1S/C12H14BrN3O2S/c1-19(17,18)16-6-4-15(5-7-16)12-3-2-10(9-14)8-11(12)13/h2-3,8H,4-7H2,1H3. The third-order valence-corrected chi connectivity index (χ3v) is 5.06. The predicted octanol–water partition coefficient (Wildman–Crippen LogP) is 1.40. The van der Waals surface area contributed by atoms with Crippen molar-refractivity contribution in [2.45, 2.75) is 0 Å². The lowest BCUT2D eigenvalue weighted by Crippen LogP contribution is -2.48. The highest BCUT2D eigenvalue weighted by Gasteiger charge is 2.24. The Balaban J connectivity index is 2.12. The smallest absolute Gasteiger partial charge is 0.211 e. The van der Waals surface area contributed by atoms with Gasteiger partial charge in [0, 0.05) is 30.7 Å². The van der Waals surface area contributed by atoms with Crippen molar-refractivity contribution < 1.29 is 8.42 Å².